The van der Waals surface area contributed by atoms with Crippen molar-refractivity contribution in [3.63, 3.8) is 0 Å². The molecule has 0 aliphatic rings. The number of carbonyl (C=O) groups excluding carboxylic acids is 1. The Morgan fingerprint density at radius 1 is 0.923 bits per heavy atom. The molecule has 0 aliphatic carbocycles. The third-order valence-corrected chi connectivity index (χ3v) is 4.30. The van der Waals surface area contributed by atoms with Gasteiger partial charge in [0.25, 0.3) is 0 Å². The number of rotatable bonds is 5. The third-order valence-electron chi connectivity index (χ3n) is 4.30. The number of nitrogens with zero attached hydrogens (tertiary/aromatic N) is 2. The quantitative estimate of drug-likeness (QED) is 0.635. The predicted octanol–water partition coefficient (Wildman–Crippen LogP) is 4.51. The average Bonchev–Trinajstić information content (AvgIpc) is 2.64. The van der Waals surface area contributed by atoms with Gasteiger partial charge in [0.2, 0.25) is 0 Å². The largest absolute Gasteiger partial charge is 0.288 e. The van der Waals surface area contributed by atoms with Crippen LogP contribution in [0, 0.1) is 11.6 Å². The van der Waals surface area contributed by atoms with Crippen molar-refractivity contribution >= 4 is 5.78 Å². The molecule has 3 aromatic rings. The molecule has 1 aromatic heterocycles. The number of hydrogen-bond acceptors (Lipinski definition) is 3. The van der Waals surface area contributed by atoms with Gasteiger partial charge in [0.15, 0.2) is 17.4 Å². The Morgan fingerprint density at radius 2 is 1.58 bits per heavy atom. The molecule has 0 saturated carbocycles. The Hall–Kier alpha value is -2.95. The molecule has 0 fully saturated rings. The van der Waals surface area contributed by atoms with E-state index in [0.29, 0.717) is 12.2 Å². The molecule has 0 saturated heterocycles. The molecule has 0 aliphatic heterocycles. The van der Waals surface area contributed by atoms with Crippen LogP contribution in [0.5, 0.6) is 0 Å². The number of halogens is 2. The SMILES string of the molecule is CC(C)(Cc1ncc(C(=O)c2ccc(F)c(F)c2)cn1)c1ccccc1. The highest BCUT2D eigenvalue weighted by atomic mass is 19.2. The van der Waals surface area contributed by atoms with E-state index in [1.807, 2.05) is 18.2 Å². The van der Waals surface area contributed by atoms with Gasteiger partial charge in [0.05, 0.1) is 5.56 Å². The first-order valence-corrected chi connectivity index (χ1v) is 8.23. The van der Waals surface area contributed by atoms with Crippen LogP contribution in [-0.4, -0.2) is 15.8 Å². The van der Waals surface area contributed by atoms with E-state index in [1.165, 1.54) is 24.0 Å². The summed E-state index contributed by atoms with van der Waals surface area (Å²) in [7, 11) is 0. The van der Waals surface area contributed by atoms with Gasteiger partial charge >= 0.3 is 0 Å². The fraction of sp³-hybridized carbons (Fsp3) is 0.190. The van der Waals surface area contributed by atoms with Crippen molar-refractivity contribution in [2.45, 2.75) is 25.7 Å². The van der Waals surface area contributed by atoms with Gasteiger partial charge in [0.1, 0.15) is 5.82 Å². The Morgan fingerprint density at radius 3 is 2.19 bits per heavy atom. The zero-order valence-electron chi connectivity index (χ0n) is 14.5. The number of benzene rings is 2. The van der Waals surface area contributed by atoms with Crippen molar-refractivity contribution < 1.29 is 13.6 Å². The fourth-order valence-corrected chi connectivity index (χ4v) is 2.75. The molecule has 0 atom stereocenters. The molecule has 2 aromatic carbocycles. The maximum Gasteiger partial charge on any atom is 0.196 e. The summed E-state index contributed by atoms with van der Waals surface area (Å²) in [5.74, 6) is -1.88. The van der Waals surface area contributed by atoms with Crippen molar-refractivity contribution in [2.75, 3.05) is 0 Å². The van der Waals surface area contributed by atoms with Crippen molar-refractivity contribution in [2.24, 2.45) is 0 Å². The van der Waals surface area contributed by atoms with Crippen molar-refractivity contribution in [3.8, 4) is 0 Å². The number of hydrogen-bond donors (Lipinski definition) is 0. The summed E-state index contributed by atoms with van der Waals surface area (Å²) in [6, 6.07) is 13.1. The minimum atomic E-state index is -1.06. The summed E-state index contributed by atoms with van der Waals surface area (Å²) < 4.78 is 26.3. The van der Waals surface area contributed by atoms with Crippen LogP contribution >= 0.6 is 0 Å². The standard InChI is InChI=1S/C21H18F2N2O/c1-21(2,16-6-4-3-5-7-16)11-19-24-12-15(13-25-19)20(26)14-8-9-17(22)18(23)10-14/h3-10,12-13H,11H2,1-2H3. The van der Waals surface area contributed by atoms with E-state index in [2.05, 4.69) is 35.9 Å². The molecule has 132 valence electrons. The Kier molecular flexibility index (Phi) is 4.89. The van der Waals surface area contributed by atoms with Crippen molar-refractivity contribution in [1.82, 2.24) is 9.97 Å². The van der Waals surface area contributed by atoms with Gasteiger partial charge in [-0.05, 0) is 29.2 Å². The molecule has 3 nitrogen and oxygen atoms in total. The summed E-state index contributed by atoms with van der Waals surface area (Å²) >= 11 is 0. The monoisotopic (exact) mass is 352 g/mol. The lowest BCUT2D eigenvalue weighted by Gasteiger charge is -2.24. The maximum atomic E-state index is 13.3. The van der Waals surface area contributed by atoms with E-state index in [-0.39, 0.29) is 16.5 Å². The molecule has 0 radical (unpaired) electrons. The summed E-state index contributed by atoms with van der Waals surface area (Å²) in [5, 5.41) is 0. The molecule has 0 N–H and O–H groups in total. The minimum Gasteiger partial charge on any atom is -0.288 e. The van der Waals surface area contributed by atoms with Crippen LogP contribution in [0.2, 0.25) is 0 Å². The van der Waals surface area contributed by atoms with E-state index < -0.39 is 17.4 Å². The predicted molar refractivity (Wildman–Crippen MR) is 95.0 cm³/mol. The minimum absolute atomic E-state index is 0.0601. The lowest BCUT2D eigenvalue weighted by molar-refractivity contribution is 0.103. The number of aromatic nitrogens is 2. The van der Waals surface area contributed by atoms with E-state index in [0.717, 1.165) is 12.1 Å². The second-order valence-corrected chi connectivity index (χ2v) is 6.77. The lowest BCUT2D eigenvalue weighted by Crippen LogP contribution is -2.22. The van der Waals surface area contributed by atoms with E-state index >= 15 is 0 Å². The second-order valence-electron chi connectivity index (χ2n) is 6.77. The summed E-state index contributed by atoms with van der Waals surface area (Å²) in [5.41, 5.74) is 1.31. The van der Waals surface area contributed by atoms with Crippen LogP contribution in [-0.2, 0) is 11.8 Å². The second kappa shape index (κ2) is 7.12. The first-order valence-electron chi connectivity index (χ1n) is 8.23. The van der Waals surface area contributed by atoms with Crippen molar-refractivity contribution in [1.29, 1.82) is 0 Å². The van der Waals surface area contributed by atoms with Gasteiger partial charge in [-0.2, -0.15) is 0 Å². The Balaban J connectivity index is 1.78. The molecule has 0 amide bonds. The van der Waals surface area contributed by atoms with Crippen LogP contribution in [0.1, 0.15) is 41.2 Å². The molecule has 0 bridgehead atoms. The van der Waals surface area contributed by atoms with Gasteiger partial charge in [-0.25, -0.2) is 18.7 Å². The van der Waals surface area contributed by atoms with Crippen LogP contribution in [0.25, 0.3) is 0 Å². The Bertz CT molecular complexity index is 923. The molecule has 5 heteroatoms. The van der Waals surface area contributed by atoms with Crippen LogP contribution in [0.3, 0.4) is 0 Å². The van der Waals surface area contributed by atoms with Gasteiger partial charge in [-0.3, -0.25) is 4.79 Å². The normalized spacial score (nSPS) is 11.4. The van der Waals surface area contributed by atoms with Crippen LogP contribution in [0.15, 0.2) is 60.9 Å². The maximum absolute atomic E-state index is 13.3. The zero-order chi connectivity index (χ0) is 18.7. The smallest absolute Gasteiger partial charge is 0.196 e. The van der Waals surface area contributed by atoms with E-state index in [1.54, 1.807) is 0 Å². The Labute approximate surface area is 150 Å². The van der Waals surface area contributed by atoms with Gasteiger partial charge in [-0.1, -0.05) is 44.2 Å². The molecular weight excluding hydrogens is 334 g/mol. The number of carbonyl (C=O) groups is 1. The van der Waals surface area contributed by atoms with Crippen molar-refractivity contribution in [3.05, 3.63) is 95.1 Å². The summed E-state index contributed by atoms with van der Waals surface area (Å²) in [6.07, 6.45) is 3.46. The highest BCUT2D eigenvalue weighted by Crippen LogP contribution is 2.26. The summed E-state index contributed by atoms with van der Waals surface area (Å²) in [6.45, 7) is 4.21. The molecule has 0 unspecified atom stereocenters. The fourth-order valence-electron chi connectivity index (χ4n) is 2.75. The van der Waals surface area contributed by atoms with E-state index in [4.69, 9.17) is 0 Å². The molecule has 0 spiro atoms. The first-order chi connectivity index (χ1) is 12.4. The lowest BCUT2D eigenvalue weighted by atomic mass is 9.81. The van der Waals surface area contributed by atoms with Crippen LogP contribution < -0.4 is 0 Å². The van der Waals surface area contributed by atoms with Gasteiger partial charge in [0, 0.05) is 24.4 Å². The average molecular weight is 352 g/mol. The van der Waals surface area contributed by atoms with Crippen LogP contribution in [0.4, 0.5) is 8.78 Å². The third kappa shape index (κ3) is 3.82. The van der Waals surface area contributed by atoms with E-state index in [9.17, 15) is 13.6 Å². The highest BCUT2D eigenvalue weighted by molar-refractivity contribution is 6.08. The van der Waals surface area contributed by atoms with Gasteiger partial charge < -0.3 is 0 Å². The molecule has 26 heavy (non-hydrogen) atoms. The molecular formula is C21H18F2N2O. The topological polar surface area (TPSA) is 42.9 Å². The summed E-state index contributed by atoms with van der Waals surface area (Å²) in [4.78, 5) is 20.9. The van der Waals surface area contributed by atoms with Gasteiger partial charge in [-0.15, -0.1) is 0 Å². The molecule has 3 rings (SSSR count). The number of ketones is 1. The zero-order valence-corrected chi connectivity index (χ0v) is 14.5. The molecule has 1 heterocycles. The first kappa shape index (κ1) is 17.9. The highest BCUT2D eigenvalue weighted by Gasteiger charge is 2.22.